The zero-order valence-electron chi connectivity index (χ0n) is 4.96. The highest BCUT2D eigenvalue weighted by molar-refractivity contribution is 6.11. The van der Waals surface area contributed by atoms with Gasteiger partial charge in [-0.2, -0.15) is 0 Å². The fourth-order valence-corrected chi connectivity index (χ4v) is 0.363. The van der Waals surface area contributed by atoms with Crippen LogP contribution >= 0.6 is 0 Å². The molecule has 1 amide bonds. The molecule has 0 heterocycles. The molecule has 0 aliphatic rings. The Labute approximate surface area is 52.0 Å². The third kappa shape index (κ3) is 2.03. The van der Waals surface area contributed by atoms with Gasteiger partial charge in [0.1, 0.15) is 12.1 Å². The van der Waals surface area contributed by atoms with Crippen LogP contribution in [0.1, 0.15) is 6.92 Å². The monoisotopic (exact) mass is 129 g/mol. The minimum absolute atomic E-state index is 0.241. The standard InChI is InChI=1S/C5H7NO3/c1-3(8)4(2-7)5(6)9/h2,4H,1H3,(H2,6,9). The molecule has 2 N–H and O–H groups in total. The van der Waals surface area contributed by atoms with Crippen molar-refractivity contribution in [1.82, 2.24) is 0 Å². The lowest BCUT2D eigenvalue weighted by molar-refractivity contribution is -0.134. The van der Waals surface area contributed by atoms with E-state index in [-0.39, 0.29) is 6.29 Å². The minimum atomic E-state index is -1.26. The van der Waals surface area contributed by atoms with E-state index in [2.05, 4.69) is 5.73 Å². The summed E-state index contributed by atoms with van der Waals surface area (Å²) in [6.07, 6.45) is 0.241. The van der Waals surface area contributed by atoms with Gasteiger partial charge < -0.3 is 10.5 Å². The van der Waals surface area contributed by atoms with Gasteiger partial charge in [0.15, 0.2) is 5.92 Å². The molecule has 0 radical (unpaired) electrons. The average Bonchev–Trinajstić information content (AvgIpc) is 1.64. The number of ketones is 1. The summed E-state index contributed by atoms with van der Waals surface area (Å²) in [6, 6.07) is 0. The molecule has 0 fully saturated rings. The molecule has 9 heavy (non-hydrogen) atoms. The fraction of sp³-hybridized carbons (Fsp3) is 0.400. The van der Waals surface area contributed by atoms with Crippen LogP contribution in [0.25, 0.3) is 0 Å². The van der Waals surface area contributed by atoms with E-state index in [1.165, 1.54) is 0 Å². The number of aldehydes is 1. The van der Waals surface area contributed by atoms with Crippen LogP contribution in [0.2, 0.25) is 0 Å². The molecule has 0 saturated carbocycles. The molecule has 4 nitrogen and oxygen atoms in total. The SMILES string of the molecule is CC(=O)C(C=O)C(N)=O. The molecule has 0 aromatic carbocycles. The third-order valence-corrected chi connectivity index (χ3v) is 0.881. The summed E-state index contributed by atoms with van der Waals surface area (Å²) in [7, 11) is 0. The van der Waals surface area contributed by atoms with E-state index in [4.69, 9.17) is 0 Å². The Morgan fingerprint density at radius 3 is 2.00 bits per heavy atom. The number of Topliss-reactive ketones (excluding diaryl/α,β-unsaturated/α-hetero) is 1. The Morgan fingerprint density at radius 2 is 2.00 bits per heavy atom. The summed E-state index contributed by atoms with van der Waals surface area (Å²) in [5.74, 6) is -2.67. The van der Waals surface area contributed by atoms with Crippen molar-refractivity contribution in [2.75, 3.05) is 0 Å². The molecule has 0 aromatic heterocycles. The molecule has 0 aliphatic heterocycles. The first-order valence-electron chi connectivity index (χ1n) is 2.34. The van der Waals surface area contributed by atoms with Gasteiger partial charge in [-0.25, -0.2) is 0 Å². The van der Waals surface area contributed by atoms with E-state index in [0.717, 1.165) is 6.92 Å². The van der Waals surface area contributed by atoms with Crippen molar-refractivity contribution in [3.63, 3.8) is 0 Å². The Balaban J connectivity index is 4.16. The van der Waals surface area contributed by atoms with Gasteiger partial charge in [0.25, 0.3) is 0 Å². The highest BCUT2D eigenvalue weighted by Gasteiger charge is 2.18. The van der Waals surface area contributed by atoms with Crippen LogP contribution in [0.4, 0.5) is 0 Å². The smallest absolute Gasteiger partial charge is 0.235 e. The van der Waals surface area contributed by atoms with E-state index >= 15 is 0 Å². The van der Waals surface area contributed by atoms with E-state index in [9.17, 15) is 14.4 Å². The van der Waals surface area contributed by atoms with E-state index < -0.39 is 17.6 Å². The first kappa shape index (κ1) is 7.81. The van der Waals surface area contributed by atoms with Crippen LogP contribution in [-0.2, 0) is 14.4 Å². The van der Waals surface area contributed by atoms with Gasteiger partial charge in [-0.3, -0.25) is 9.59 Å². The molecule has 1 unspecified atom stereocenters. The highest BCUT2D eigenvalue weighted by atomic mass is 16.2. The molecule has 0 spiro atoms. The van der Waals surface area contributed by atoms with E-state index in [1.54, 1.807) is 0 Å². The molecule has 50 valence electrons. The Morgan fingerprint density at radius 1 is 1.56 bits per heavy atom. The number of carbonyl (C=O) groups excluding carboxylic acids is 3. The molecule has 0 rings (SSSR count). The lowest BCUT2D eigenvalue weighted by Crippen LogP contribution is -2.29. The van der Waals surface area contributed by atoms with Gasteiger partial charge in [-0.15, -0.1) is 0 Å². The summed E-state index contributed by atoms with van der Waals surface area (Å²) >= 11 is 0. The van der Waals surface area contributed by atoms with Gasteiger partial charge in [0.05, 0.1) is 0 Å². The number of rotatable bonds is 3. The number of hydrogen-bond donors (Lipinski definition) is 1. The Hall–Kier alpha value is -1.19. The van der Waals surface area contributed by atoms with E-state index in [0.29, 0.717) is 0 Å². The maximum atomic E-state index is 10.3. The first-order chi connectivity index (χ1) is 4.09. The van der Waals surface area contributed by atoms with Crippen LogP contribution in [0, 0.1) is 5.92 Å². The topological polar surface area (TPSA) is 77.2 Å². The maximum Gasteiger partial charge on any atom is 0.235 e. The molecule has 0 aliphatic carbocycles. The fourth-order valence-electron chi connectivity index (χ4n) is 0.363. The molecular weight excluding hydrogens is 122 g/mol. The van der Waals surface area contributed by atoms with Crippen molar-refractivity contribution in [2.45, 2.75) is 6.92 Å². The van der Waals surface area contributed by atoms with Gasteiger partial charge in [0, 0.05) is 0 Å². The van der Waals surface area contributed by atoms with Crippen LogP contribution in [0.5, 0.6) is 0 Å². The second-order valence-electron chi connectivity index (χ2n) is 1.63. The number of primary amides is 1. The molecule has 0 bridgehead atoms. The van der Waals surface area contributed by atoms with Gasteiger partial charge >= 0.3 is 0 Å². The lowest BCUT2D eigenvalue weighted by atomic mass is 10.1. The molecule has 0 saturated heterocycles. The Bertz CT molecular complexity index is 138. The molecular formula is C5H7NO3. The Kier molecular flexibility index (Phi) is 2.57. The van der Waals surface area contributed by atoms with Crippen LogP contribution in [-0.4, -0.2) is 18.0 Å². The first-order valence-corrected chi connectivity index (χ1v) is 2.34. The summed E-state index contributed by atoms with van der Waals surface area (Å²) in [5.41, 5.74) is 4.66. The van der Waals surface area contributed by atoms with Crippen molar-refractivity contribution in [1.29, 1.82) is 0 Å². The number of nitrogens with two attached hydrogens (primary N) is 1. The van der Waals surface area contributed by atoms with Crippen molar-refractivity contribution < 1.29 is 14.4 Å². The highest BCUT2D eigenvalue weighted by Crippen LogP contribution is 1.89. The summed E-state index contributed by atoms with van der Waals surface area (Å²) < 4.78 is 0. The third-order valence-electron chi connectivity index (χ3n) is 0.881. The van der Waals surface area contributed by atoms with Crippen LogP contribution in [0.3, 0.4) is 0 Å². The van der Waals surface area contributed by atoms with Crippen molar-refractivity contribution in [3.05, 3.63) is 0 Å². The van der Waals surface area contributed by atoms with Gasteiger partial charge in [0.2, 0.25) is 5.91 Å². The number of carbonyl (C=O) groups is 3. The largest absolute Gasteiger partial charge is 0.369 e. The predicted octanol–water partition coefficient (Wildman–Crippen LogP) is -1.12. The predicted molar refractivity (Wildman–Crippen MR) is 29.4 cm³/mol. The molecule has 1 atom stereocenters. The summed E-state index contributed by atoms with van der Waals surface area (Å²) in [6.45, 7) is 1.14. The second kappa shape index (κ2) is 2.96. The van der Waals surface area contributed by atoms with Crippen LogP contribution < -0.4 is 5.73 Å². The number of amides is 1. The molecule has 4 heteroatoms. The molecule has 0 aromatic rings. The normalized spacial score (nSPS) is 12.1. The van der Waals surface area contributed by atoms with Crippen LogP contribution in [0.15, 0.2) is 0 Å². The van der Waals surface area contributed by atoms with Crippen molar-refractivity contribution >= 4 is 18.0 Å². The zero-order chi connectivity index (χ0) is 7.44. The second-order valence-corrected chi connectivity index (χ2v) is 1.63. The quantitative estimate of drug-likeness (QED) is 0.387. The zero-order valence-corrected chi connectivity index (χ0v) is 4.96. The minimum Gasteiger partial charge on any atom is -0.369 e. The van der Waals surface area contributed by atoms with Gasteiger partial charge in [-0.1, -0.05) is 0 Å². The number of hydrogen-bond acceptors (Lipinski definition) is 3. The summed E-state index contributed by atoms with van der Waals surface area (Å²) in [5, 5.41) is 0. The van der Waals surface area contributed by atoms with Crippen molar-refractivity contribution in [3.8, 4) is 0 Å². The average molecular weight is 129 g/mol. The lowest BCUT2D eigenvalue weighted by Gasteiger charge is -1.96. The van der Waals surface area contributed by atoms with Crippen molar-refractivity contribution in [2.24, 2.45) is 11.7 Å². The summed E-state index contributed by atoms with van der Waals surface area (Å²) in [4.78, 5) is 30.3. The van der Waals surface area contributed by atoms with Gasteiger partial charge in [-0.05, 0) is 6.92 Å². The maximum absolute atomic E-state index is 10.3. The van der Waals surface area contributed by atoms with E-state index in [1.807, 2.05) is 0 Å².